The quantitative estimate of drug-likeness (QED) is 0.843. The molecule has 0 radical (unpaired) electrons. The van der Waals surface area contributed by atoms with Gasteiger partial charge in [-0.05, 0) is 19.4 Å². The number of alkyl halides is 3. The maximum Gasteiger partial charge on any atom is 0.397 e. The minimum Gasteiger partial charge on any atom is -0.478 e. The minimum absolute atomic E-state index is 0.158. The van der Waals surface area contributed by atoms with Crippen LogP contribution in [0.2, 0.25) is 0 Å². The molecule has 25 heavy (non-hydrogen) atoms. The number of ether oxygens (including phenoxy) is 1. The maximum atomic E-state index is 13.1. The highest BCUT2D eigenvalue weighted by Crippen LogP contribution is 2.45. The molecule has 4 rings (SSSR count). The van der Waals surface area contributed by atoms with Crippen LogP contribution in [0.4, 0.5) is 13.2 Å². The summed E-state index contributed by atoms with van der Waals surface area (Å²) in [5.41, 5.74) is -1.34. The van der Waals surface area contributed by atoms with Gasteiger partial charge in [0.25, 0.3) is 5.56 Å². The van der Waals surface area contributed by atoms with E-state index < -0.39 is 17.2 Å². The molecule has 4 nitrogen and oxygen atoms in total. The van der Waals surface area contributed by atoms with Crippen LogP contribution in [0, 0.1) is 5.41 Å². The number of fused-ring (bicyclic) bond motifs is 3. The summed E-state index contributed by atoms with van der Waals surface area (Å²) in [5.74, 6) is 0.279. The van der Waals surface area contributed by atoms with Crippen LogP contribution in [-0.4, -0.2) is 22.2 Å². The molecule has 1 N–H and O–H groups in total. The Balaban J connectivity index is 1.70. The summed E-state index contributed by atoms with van der Waals surface area (Å²) in [4.78, 5) is 19.4. The fraction of sp³-hybridized carbons (Fsp3) is 0.333. The van der Waals surface area contributed by atoms with Gasteiger partial charge in [0.1, 0.15) is 17.6 Å². The van der Waals surface area contributed by atoms with E-state index in [-0.39, 0.29) is 30.0 Å². The average Bonchev–Trinajstić information content (AvgIpc) is 2.94. The van der Waals surface area contributed by atoms with Crippen molar-refractivity contribution < 1.29 is 17.9 Å². The monoisotopic (exact) mass is 348 g/mol. The fourth-order valence-corrected chi connectivity index (χ4v) is 3.16. The molecule has 0 bridgehead atoms. The number of aromatic amines is 1. The molecular formula is C18H15F3N2O2. The summed E-state index contributed by atoms with van der Waals surface area (Å²) in [6.45, 7) is 1.15. The van der Waals surface area contributed by atoms with Gasteiger partial charge < -0.3 is 9.72 Å². The zero-order valence-corrected chi connectivity index (χ0v) is 13.3. The molecule has 0 amide bonds. The second kappa shape index (κ2) is 5.21. The van der Waals surface area contributed by atoms with Crippen molar-refractivity contribution in [3.63, 3.8) is 0 Å². The van der Waals surface area contributed by atoms with Gasteiger partial charge in [-0.3, -0.25) is 4.79 Å². The van der Waals surface area contributed by atoms with Crippen molar-refractivity contribution in [3.05, 3.63) is 64.4 Å². The Hall–Kier alpha value is -2.57. The summed E-state index contributed by atoms with van der Waals surface area (Å²) in [6, 6.07) is 0. The molecule has 3 atom stereocenters. The standard InChI is InChI=1S/C18H15F3N2O2/c1-17(18(19,20)21)8-6-10(7-9-17)15-22-13-11-4-2-3-5-12(11)25-14(13)16(24)23-15/h2-8,11-12H,9H2,1H3,(H,22,23,24). The van der Waals surface area contributed by atoms with Gasteiger partial charge in [0.15, 0.2) is 0 Å². The molecule has 3 unspecified atom stereocenters. The number of nitrogens with one attached hydrogen (secondary N) is 1. The van der Waals surface area contributed by atoms with E-state index in [0.717, 1.165) is 13.0 Å². The van der Waals surface area contributed by atoms with Gasteiger partial charge in [-0.15, -0.1) is 0 Å². The third kappa shape index (κ3) is 2.45. The first-order chi connectivity index (χ1) is 11.8. The third-order valence-corrected chi connectivity index (χ3v) is 4.85. The number of hydrogen-bond acceptors (Lipinski definition) is 3. The smallest absolute Gasteiger partial charge is 0.397 e. The molecule has 1 aromatic rings. The molecule has 0 saturated heterocycles. The number of H-pyrrole nitrogens is 1. The summed E-state index contributed by atoms with van der Waals surface area (Å²) in [7, 11) is 0. The van der Waals surface area contributed by atoms with Crippen LogP contribution < -0.4 is 10.3 Å². The normalized spacial score (nSPS) is 29.8. The third-order valence-electron chi connectivity index (χ3n) is 4.85. The topological polar surface area (TPSA) is 55.0 Å². The lowest BCUT2D eigenvalue weighted by atomic mass is 9.81. The Morgan fingerprint density at radius 1 is 1.32 bits per heavy atom. The van der Waals surface area contributed by atoms with E-state index in [1.807, 2.05) is 24.3 Å². The maximum absolute atomic E-state index is 13.1. The van der Waals surface area contributed by atoms with Crippen molar-refractivity contribution >= 4 is 5.57 Å². The van der Waals surface area contributed by atoms with Crippen LogP contribution >= 0.6 is 0 Å². The number of hydrogen-bond donors (Lipinski definition) is 1. The molecule has 0 spiro atoms. The molecule has 0 saturated carbocycles. The van der Waals surface area contributed by atoms with Gasteiger partial charge in [0.05, 0.1) is 11.3 Å². The van der Waals surface area contributed by atoms with E-state index in [4.69, 9.17) is 4.74 Å². The van der Waals surface area contributed by atoms with E-state index in [2.05, 4.69) is 9.97 Å². The molecular weight excluding hydrogens is 333 g/mol. The van der Waals surface area contributed by atoms with Gasteiger partial charge in [0.2, 0.25) is 5.75 Å². The lowest BCUT2D eigenvalue weighted by Crippen LogP contribution is -2.33. The highest BCUT2D eigenvalue weighted by atomic mass is 19.4. The number of allylic oxidation sites excluding steroid dienone is 6. The Labute approximate surface area is 141 Å². The van der Waals surface area contributed by atoms with E-state index >= 15 is 0 Å². The van der Waals surface area contributed by atoms with Crippen molar-refractivity contribution in [1.29, 1.82) is 0 Å². The van der Waals surface area contributed by atoms with Crippen LogP contribution in [0.5, 0.6) is 5.75 Å². The summed E-state index contributed by atoms with van der Waals surface area (Å²) < 4.78 is 44.9. The Morgan fingerprint density at radius 2 is 2.08 bits per heavy atom. The van der Waals surface area contributed by atoms with Crippen LogP contribution in [0.1, 0.15) is 30.8 Å². The number of aromatic nitrogens is 2. The van der Waals surface area contributed by atoms with Crippen LogP contribution in [0.15, 0.2) is 47.3 Å². The summed E-state index contributed by atoms with van der Waals surface area (Å²) >= 11 is 0. The van der Waals surface area contributed by atoms with Crippen LogP contribution in [0.25, 0.3) is 5.57 Å². The molecule has 1 aromatic heterocycles. The van der Waals surface area contributed by atoms with E-state index in [1.165, 1.54) is 12.2 Å². The van der Waals surface area contributed by atoms with Crippen molar-refractivity contribution in [3.8, 4) is 5.75 Å². The number of rotatable bonds is 1. The lowest BCUT2D eigenvalue weighted by Gasteiger charge is -2.30. The molecule has 3 aliphatic rings. The average molecular weight is 348 g/mol. The minimum atomic E-state index is -4.33. The molecule has 130 valence electrons. The summed E-state index contributed by atoms with van der Waals surface area (Å²) in [6.07, 6.45) is 6.60. The molecule has 1 aliphatic heterocycles. The number of nitrogens with zero attached hydrogens (tertiary/aromatic N) is 1. The first-order valence-electron chi connectivity index (χ1n) is 7.91. The van der Waals surface area contributed by atoms with E-state index in [9.17, 15) is 18.0 Å². The zero-order valence-electron chi connectivity index (χ0n) is 13.3. The van der Waals surface area contributed by atoms with Gasteiger partial charge in [0, 0.05) is 5.57 Å². The molecule has 7 heteroatoms. The fourth-order valence-electron chi connectivity index (χ4n) is 3.16. The first-order valence-corrected chi connectivity index (χ1v) is 7.91. The van der Waals surface area contributed by atoms with Crippen molar-refractivity contribution in [1.82, 2.24) is 9.97 Å². The molecule has 0 fully saturated rings. The predicted molar refractivity (Wildman–Crippen MR) is 86.2 cm³/mol. The van der Waals surface area contributed by atoms with Gasteiger partial charge in [-0.1, -0.05) is 36.5 Å². The highest BCUT2D eigenvalue weighted by Gasteiger charge is 2.49. The van der Waals surface area contributed by atoms with E-state index in [1.54, 1.807) is 0 Å². The first kappa shape index (κ1) is 15.9. The second-order valence-corrected chi connectivity index (χ2v) is 6.62. The Bertz CT molecular complexity index is 908. The Kier molecular flexibility index (Phi) is 3.32. The largest absolute Gasteiger partial charge is 0.478 e. The Morgan fingerprint density at radius 3 is 2.76 bits per heavy atom. The van der Waals surface area contributed by atoms with Gasteiger partial charge in [-0.25, -0.2) is 4.98 Å². The second-order valence-electron chi connectivity index (χ2n) is 6.62. The summed E-state index contributed by atoms with van der Waals surface area (Å²) in [5, 5.41) is 0. The van der Waals surface area contributed by atoms with Crippen LogP contribution in [-0.2, 0) is 0 Å². The SMILES string of the molecule is CC1(C(F)(F)F)C=CC(c2nc3c(c(=O)[nH]2)OC2C=CC=CC32)=CC1. The van der Waals surface area contributed by atoms with Gasteiger partial charge in [-0.2, -0.15) is 13.2 Å². The van der Waals surface area contributed by atoms with Gasteiger partial charge >= 0.3 is 6.18 Å². The lowest BCUT2D eigenvalue weighted by molar-refractivity contribution is -0.199. The molecule has 2 heterocycles. The van der Waals surface area contributed by atoms with E-state index in [0.29, 0.717) is 11.3 Å². The predicted octanol–water partition coefficient (Wildman–Crippen LogP) is 3.65. The molecule has 0 aromatic carbocycles. The molecule has 2 aliphatic carbocycles. The highest BCUT2D eigenvalue weighted by molar-refractivity contribution is 5.71. The zero-order chi connectivity index (χ0) is 17.8. The number of halogens is 3. The van der Waals surface area contributed by atoms with Crippen molar-refractivity contribution in [2.75, 3.05) is 0 Å². The van der Waals surface area contributed by atoms with Crippen molar-refractivity contribution in [2.45, 2.75) is 31.5 Å². The van der Waals surface area contributed by atoms with Crippen molar-refractivity contribution in [2.24, 2.45) is 5.41 Å². The van der Waals surface area contributed by atoms with Crippen LogP contribution in [0.3, 0.4) is 0 Å².